The predicted octanol–water partition coefficient (Wildman–Crippen LogP) is 3.40. The lowest BCUT2D eigenvalue weighted by Gasteiger charge is -2.13. The van der Waals surface area contributed by atoms with Gasteiger partial charge in [0.05, 0.1) is 4.92 Å². The lowest BCUT2D eigenvalue weighted by atomic mass is 9.90. The smallest absolute Gasteiger partial charge is 0.269 e. The lowest BCUT2D eigenvalue weighted by molar-refractivity contribution is -0.384. The SMILES string of the molecule is O=C1CCc2cc([N+](=O)[O-])ccc2C1.O=C1CCc2ccccc2C1. The van der Waals surface area contributed by atoms with Gasteiger partial charge in [-0.3, -0.25) is 19.7 Å². The van der Waals surface area contributed by atoms with Gasteiger partial charge in [0.2, 0.25) is 0 Å². The average molecular weight is 337 g/mol. The number of ketones is 2. The summed E-state index contributed by atoms with van der Waals surface area (Å²) >= 11 is 0. The Morgan fingerprint density at radius 1 is 0.720 bits per heavy atom. The molecule has 0 N–H and O–H groups in total. The number of nitrogens with zero attached hydrogens (tertiary/aromatic N) is 1. The molecule has 5 nitrogen and oxygen atoms in total. The van der Waals surface area contributed by atoms with Gasteiger partial charge in [0, 0.05) is 37.8 Å². The summed E-state index contributed by atoms with van der Waals surface area (Å²) in [7, 11) is 0. The van der Waals surface area contributed by atoms with Crippen molar-refractivity contribution in [3.8, 4) is 0 Å². The Morgan fingerprint density at radius 2 is 1.28 bits per heavy atom. The number of carbonyl (C=O) groups excluding carboxylic acids is 2. The van der Waals surface area contributed by atoms with Crippen LogP contribution in [0, 0.1) is 10.1 Å². The van der Waals surface area contributed by atoms with Crippen LogP contribution < -0.4 is 0 Å². The molecule has 0 spiro atoms. The van der Waals surface area contributed by atoms with Crippen molar-refractivity contribution in [1.29, 1.82) is 0 Å². The number of benzene rings is 2. The number of fused-ring (bicyclic) bond motifs is 2. The summed E-state index contributed by atoms with van der Waals surface area (Å²) in [6.45, 7) is 0. The second kappa shape index (κ2) is 7.38. The van der Waals surface area contributed by atoms with Crippen molar-refractivity contribution in [1.82, 2.24) is 0 Å². The van der Waals surface area contributed by atoms with Gasteiger partial charge in [-0.05, 0) is 35.1 Å². The molecule has 4 rings (SSSR count). The van der Waals surface area contributed by atoms with E-state index >= 15 is 0 Å². The monoisotopic (exact) mass is 337 g/mol. The maximum absolute atomic E-state index is 11.1. The molecule has 0 atom stereocenters. The van der Waals surface area contributed by atoms with Crippen molar-refractivity contribution in [2.45, 2.75) is 38.5 Å². The van der Waals surface area contributed by atoms with Crippen LogP contribution in [0.1, 0.15) is 35.1 Å². The van der Waals surface area contributed by atoms with Crippen LogP contribution in [-0.4, -0.2) is 16.5 Å². The summed E-state index contributed by atoms with van der Waals surface area (Å²) in [4.78, 5) is 32.2. The van der Waals surface area contributed by atoms with Crippen molar-refractivity contribution >= 4 is 17.3 Å². The Bertz CT molecular complexity index is 841. The maximum atomic E-state index is 11.1. The van der Waals surface area contributed by atoms with Crippen molar-refractivity contribution < 1.29 is 14.5 Å². The molecule has 0 radical (unpaired) electrons. The molecule has 128 valence electrons. The first kappa shape index (κ1) is 17.0. The van der Waals surface area contributed by atoms with E-state index in [1.807, 2.05) is 18.2 Å². The number of hydrogen-bond donors (Lipinski definition) is 0. The molecule has 2 aliphatic carbocycles. The first-order valence-electron chi connectivity index (χ1n) is 8.39. The number of nitro benzene ring substituents is 1. The van der Waals surface area contributed by atoms with Crippen LogP contribution in [0.4, 0.5) is 5.69 Å². The molecule has 0 heterocycles. The van der Waals surface area contributed by atoms with E-state index in [2.05, 4.69) is 6.07 Å². The Morgan fingerprint density at radius 3 is 1.92 bits per heavy atom. The van der Waals surface area contributed by atoms with Crippen LogP contribution >= 0.6 is 0 Å². The summed E-state index contributed by atoms with van der Waals surface area (Å²) in [5.74, 6) is 0.593. The molecule has 0 aliphatic heterocycles. The van der Waals surface area contributed by atoms with E-state index in [4.69, 9.17) is 0 Å². The highest BCUT2D eigenvalue weighted by molar-refractivity contribution is 5.83. The first-order chi connectivity index (χ1) is 12.0. The summed E-state index contributed by atoms with van der Waals surface area (Å²) in [5.41, 5.74) is 4.57. The second-order valence-electron chi connectivity index (χ2n) is 6.41. The van der Waals surface area contributed by atoms with Crippen molar-refractivity contribution in [3.05, 3.63) is 74.8 Å². The normalized spacial score (nSPS) is 15.5. The Hall–Kier alpha value is -2.82. The summed E-state index contributed by atoms with van der Waals surface area (Å²) in [6.07, 6.45) is 3.89. The third kappa shape index (κ3) is 4.18. The van der Waals surface area contributed by atoms with Crippen molar-refractivity contribution in [2.75, 3.05) is 0 Å². The third-order valence-corrected chi connectivity index (χ3v) is 4.64. The predicted molar refractivity (Wildman–Crippen MR) is 93.6 cm³/mol. The molecule has 0 fully saturated rings. The van der Waals surface area contributed by atoms with Crippen LogP contribution in [0.2, 0.25) is 0 Å². The highest BCUT2D eigenvalue weighted by Crippen LogP contribution is 2.23. The van der Waals surface area contributed by atoms with Gasteiger partial charge in [-0.25, -0.2) is 0 Å². The lowest BCUT2D eigenvalue weighted by Crippen LogP contribution is -2.13. The molecule has 0 bridgehead atoms. The van der Waals surface area contributed by atoms with E-state index < -0.39 is 4.92 Å². The van der Waals surface area contributed by atoms with E-state index in [1.54, 1.807) is 12.1 Å². The molecule has 25 heavy (non-hydrogen) atoms. The van der Waals surface area contributed by atoms with Gasteiger partial charge in [-0.1, -0.05) is 30.3 Å². The number of Topliss-reactive ketones (excluding diaryl/α,β-unsaturated/α-hetero) is 2. The largest absolute Gasteiger partial charge is 0.299 e. The van der Waals surface area contributed by atoms with Crippen LogP contribution in [0.15, 0.2) is 42.5 Å². The van der Waals surface area contributed by atoms with Crippen LogP contribution in [-0.2, 0) is 35.3 Å². The van der Waals surface area contributed by atoms with Gasteiger partial charge in [-0.15, -0.1) is 0 Å². The second-order valence-corrected chi connectivity index (χ2v) is 6.41. The molecule has 2 aromatic rings. The van der Waals surface area contributed by atoms with E-state index in [1.165, 1.54) is 17.2 Å². The van der Waals surface area contributed by atoms with E-state index in [0.717, 1.165) is 24.0 Å². The van der Waals surface area contributed by atoms with E-state index in [9.17, 15) is 19.7 Å². The van der Waals surface area contributed by atoms with Gasteiger partial charge in [0.25, 0.3) is 5.69 Å². The number of nitro groups is 1. The summed E-state index contributed by atoms with van der Waals surface area (Å²) in [5, 5.41) is 10.5. The number of carbonyl (C=O) groups is 2. The minimum absolute atomic E-state index is 0.109. The molecule has 5 heteroatoms. The van der Waals surface area contributed by atoms with Crippen molar-refractivity contribution in [3.63, 3.8) is 0 Å². The van der Waals surface area contributed by atoms with E-state index in [0.29, 0.717) is 31.5 Å². The quantitative estimate of drug-likeness (QED) is 0.590. The number of aryl methyl sites for hydroxylation is 2. The topological polar surface area (TPSA) is 77.3 Å². The molecule has 0 amide bonds. The molecule has 2 aromatic carbocycles. The zero-order chi connectivity index (χ0) is 17.8. The van der Waals surface area contributed by atoms with Crippen molar-refractivity contribution in [2.24, 2.45) is 0 Å². The van der Waals surface area contributed by atoms with Crippen LogP contribution in [0.3, 0.4) is 0 Å². The molecule has 0 unspecified atom stereocenters. The average Bonchev–Trinajstić information content (AvgIpc) is 2.61. The van der Waals surface area contributed by atoms with Gasteiger partial charge < -0.3 is 0 Å². The number of non-ortho nitro benzene ring substituents is 1. The van der Waals surface area contributed by atoms with Gasteiger partial charge in [-0.2, -0.15) is 0 Å². The molecular weight excluding hydrogens is 318 g/mol. The Kier molecular flexibility index (Phi) is 5.03. The zero-order valence-corrected chi connectivity index (χ0v) is 13.9. The van der Waals surface area contributed by atoms with Gasteiger partial charge in [0.1, 0.15) is 11.6 Å². The number of hydrogen-bond acceptors (Lipinski definition) is 4. The zero-order valence-electron chi connectivity index (χ0n) is 13.9. The molecule has 0 aromatic heterocycles. The Balaban J connectivity index is 0.000000150. The first-order valence-corrected chi connectivity index (χ1v) is 8.39. The minimum Gasteiger partial charge on any atom is -0.299 e. The fourth-order valence-corrected chi connectivity index (χ4v) is 3.25. The third-order valence-electron chi connectivity index (χ3n) is 4.64. The van der Waals surface area contributed by atoms with Gasteiger partial charge in [0.15, 0.2) is 0 Å². The standard InChI is InChI=1S/C10H9NO3.C10H10O/c12-10-4-2-7-5-9(11(13)14)3-1-8(7)6-10;11-10-6-5-8-3-1-2-4-9(8)7-10/h1,3,5H,2,4,6H2;1-4H,5-7H2. The summed E-state index contributed by atoms with van der Waals surface area (Å²) in [6, 6.07) is 12.9. The highest BCUT2D eigenvalue weighted by Gasteiger charge is 2.18. The summed E-state index contributed by atoms with van der Waals surface area (Å²) < 4.78 is 0. The molecular formula is C20H19NO4. The van der Waals surface area contributed by atoms with E-state index in [-0.39, 0.29) is 11.5 Å². The highest BCUT2D eigenvalue weighted by atomic mass is 16.6. The molecule has 0 saturated carbocycles. The van der Waals surface area contributed by atoms with Gasteiger partial charge >= 0.3 is 0 Å². The molecule has 0 saturated heterocycles. The molecule has 2 aliphatic rings. The maximum Gasteiger partial charge on any atom is 0.269 e. The number of rotatable bonds is 1. The minimum atomic E-state index is -0.406. The Labute approximate surface area is 145 Å². The van der Waals surface area contributed by atoms with Crippen LogP contribution in [0.5, 0.6) is 0 Å². The van der Waals surface area contributed by atoms with Crippen LogP contribution in [0.25, 0.3) is 0 Å². The fraction of sp³-hybridized carbons (Fsp3) is 0.300. The fourth-order valence-electron chi connectivity index (χ4n) is 3.25.